The molecular weight excluding hydrogens is 220 g/mol. The van der Waals surface area contributed by atoms with E-state index in [2.05, 4.69) is 14.7 Å². The van der Waals surface area contributed by atoms with Crippen molar-refractivity contribution in [1.29, 1.82) is 0 Å². The lowest BCUT2D eigenvalue weighted by atomic mass is 10.4. The summed E-state index contributed by atoms with van der Waals surface area (Å²) in [7, 11) is 4.72. The molecule has 1 aromatic heterocycles. The fourth-order valence-electron chi connectivity index (χ4n) is 0.950. The van der Waals surface area contributed by atoms with Crippen LogP contribution in [0.3, 0.4) is 0 Å². The smallest absolute Gasteiger partial charge is 0.360 e. The predicted molar refractivity (Wildman–Crippen MR) is 57.1 cm³/mol. The zero-order chi connectivity index (χ0) is 11.6. The van der Waals surface area contributed by atoms with Gasteiger partial charge in [0.15, 0.2) is 22.5 Å². The first-order chi connectivity index (χ1) is 6.97. The van der Waals surface area contributed by atoms with Gasteiger partial charge in [-0.05, 0) is 0 Å². The molecular formula is C8H11ClN4O2. The number of methoxy groups -OCH3 is 1. The lowest BCUT2D eigenvalue weighted by Crippen LogP contribution is -2.17. The Morgan fingerprint density at radius 1 is 1.47 bits per heavy atom. The molecule has 0 saturated heterocycles. The Labute approximate surface area is 92.0 Å². The summed E-state index contributed by atoms with van der Waals surface area (Å²) in [5.41, 5.74) is 5.47. The number of nitrogen functional groups attached to an aromatic ring is 1. The first kappa shape index (κ1) is 11.5. The summed E-state index contributed by atoms with van der Waals surface area (Å²) < 4.78 is 4.48. The van der Waals surface area contributed by atoms with E-state index in [1.54, 1.807) is 19.0 Å². The molecule has 0 amide bonds. The number of nitrogens with zero attached hydrogens (tertiary/aromatic N) is 3. The number of hydrogen-bond donors (Lipinski definition) is 1. The molecule has 7 heteroatoms. The minimum absolute atomic E-state index is 0.00468. The van der Waals surface area contributed by atoms with Crippen LogP contribution in [0.25, 0.3) is 0 Å². The molecule has 0 aliphatic rings. The van der Waals surface area contributed by atoms with Crippen molar-refractivity contribution >= 4 is 29.2 Å². The number of esters is 1. The number of nitrogens with two attached hydrogens (primary N) is 1. The van der Waals surface area contributed by atoms with Gasteiger partial charge in [-0.2, -0.15) is 0 Å². The number of carbonyl (C=O) groups is 1. The van der Waals surface area contributed by atoms with Crippen LogP contribution in [0.1, 0.15) is 10.5 Å². The van der Waals surface area contributed by atoms with Gasteiger partial charge in [-0.25, -0.2) is 14.8 Å². The van der Waals surface area contributed by atoms with Crippen LogP contribution in [0, 0.1) is 0 Å². The molecule has 0 atom stereocenters. The van der Waals surface area contributed by atoms with E-state index in [4.69, 9.17) is 17.3 Å². The van der Waals surface area contributed by atoms with Gasteiger partial charge in [0.25, 0.3) is 0 Å². The molecule has 6 nitrogen and oxygen atoms in total. The highest BCUT2D eigenvalue weighted by atomic mass is 35.5. The monoisotopic (exact) mass is 230 g/mol. The summed E-state index contributed by atoms with van der Waals surface area (Å²) >= 11 is 5.82. The normalized spacial score (nSPS) is 9.87. The Morgan fingerprint density at radius 3 is 2.53 bits per heavy atom. The highest BCUT2D eigenvalue weighted by Gasteiger charge is 2.17. The number of ether oxygens (including phenoxy) is 1. The minimum atomic E-state index is -0.660. The molecule has 0 aromatic carbocycles. The zero-order valence-electron chi connectivity index (χ0n) is 8.61. The van der Waals surface area contributed by atoms with E-state index >= 15 is 0 Å². The van der Waals surface area contributed by atoms with Crippen molar-refractivity contribution in [1.82, 2.24) is 9.97 Å². The topological polar surface area (TPSA) is 81.3 Å². The van der Waals surface area contributed by atoms with Crippen LogP contribution in [0.5, 0.6) is 0 Å². The number of halogens is 1. The molecule has 0 saturated carbocycles. The first-order valence-corrected chi connectivity index (χ1v) is 4.43. The van der Waals surface area contributed by atoms with Crippen LogP contribution in [0.2, 0.25) is 5.15 Å². The van der Waals surface area contributed by atoms with E-state index in [-0.39, 0.29) is 16.7 Å². The molecule has 0 aliphatic heterocycles. The molecule has 1 aromatic rings. The standard InChI is InChI=1S/C8H11ClN4O2/c1-13(2)7-5(9)11-4(6(10)12-7)8(14)15-3/h1-3H3,(H2,10,12). The summed E-state index contributed by atoms with van der Waals surface area (Å²) in [6, 6.07) is 0. The lowest BCUT2D eigenvalue weighted by molar-refractivity contribution is 0.0595. The van der Waals surface area contributed by atoms with Crippen molar-refractivity contribution in [3.8, 4) is 0 Å². The Kier molecular flexibility index (Phi) is 3.31. The van der Waals surface area contributed by atoms with E-state index in [9.17, 15) is 4.79 Å². The highest BCUT2D eigenvalue weighted by Crippen LogP contribution is 2.22. The second-order valence-electron chi connectivity index (χ2n) is 2.96. The van der Waals surface area contributed by atoms with Crippen molar-refractivity contribution < 1.29 is 9.53 Å². The summed E-state index contributed by atoms with van der Waals surface area (Å²) in [6.07, 6.45) is 0. The predicted octanol–water partition coefficient (Wildman–Crippen LogP) is 0.565. The molecule has 1 rings (SSSR count). The minimum Gasteiger partial charge on any atom is -0.464 e. The third-order valence-electron chi connectivity index (χ3n) is 1.67. The fraction of sp³-hybridized carbons (Fsp3) is 0.375. The molecule has 0 spiro atoms. The fourth-order valence-corrected chi connectivity index (χ4v) is 1.25. The summed E-state index contributed by atoms with van der Waals surface area (Å²) in [6.45, 7) is 0. The van der Waals surface area contributed by atoms with Gasteiger partial charge in [0, 0.05) is 14.1 Å². The van der Waals surface area contributed by atoms with Crippen molar-refractivity contribution in [3.63, 3.8) is 0 Å². The maximum Gasteiger partial charge on any atom is 0.360 e. The quantitative estimate of drug-likeness (QED) is 0.748. The van der Waals surface area contributed by atoms with Crippen LogP contribution >= 0.6 is 11.6 Å². The average Bonchev–Trinajstić information content (AvgIpc) is 2.19. The third-order valence-corrected chi connectivity index (χ3v) is 1.92. The molecule has 2 N–H and O–H groups in total. The Bertz CT molecular complexity index is 394. The van der Waals surface area contributed by atoms with E-state index in [0.29, 0.717) is 5.82 Å². The van der Waals surface area contributed by atoms with Crippen LogP contribution in [-0.4, -0.2) is 37.1 Å². The van der Waals surface area contributed by atoms with Gasteiger partial charge in [-0.1, -0.05) is 11.6 Å². The van der Waals surface area contributed by atoms with E-state index in [1.165, 1.54) is 7.11 Å². The average molecular weight is 231 g/mol. The van der Waals surface area contributed by atoms with Gasteiger partial charge in [-0.3, -0.25) is 0 Å². The summed E-state index contributed by atoms with van der Waals surface area (Å²) in [5.74, 6) is -0.260. The molecule has 0 fully saturated rings. The van der Waals surface area contributed by atoms with Gasteiger partial charge >= 0.3 is 5.97 Å². The molecule has 0 bridgehead atoms. The molecule has 15 heavy (non-hydrogen) atoms. The number of aromatic nitrogens is 2. The Morgan fingerprint density at radius 2 is 2.07 bits per heavy atom. The van der Waals surface area contributed by atoms with Gasteiger partial charge in [-0.15, -0.1) is 0 Å². The molecule has 82 valence electrons. The van der Waals surface area contributed by atoms with Gasteiger partial charge in [0.05, 0.1) is 7.11 Å². The van der Waals surface area contributed by atoms with Gasteiger partial charge in [0.2, 0.25) is 0 Å². The maximum atomic E-state index is 11.2. The zero-order valence-corrected chi connectivity index (χ0v) is 9.37. The van der Waals surface area contributed by atoms with Gasteiger partial charge in [0.1, 0.15) is 0 Å². The number of carbonyl (C=O) groups excluding carboxylic acids is 1. The van der Waals surface area contributed by atoms with E-state index in [0.717, 1.165) is 0 Å². The van der Waals surface area contributed by atoms with Crippen molar-refractivity contribution in [2.24, 2.45) is 0 Å². The van der Waals surface area contributed by atoms with Crippen molar-refractivity contribution in [2.75, 3.05) is 31.8 Å². The second kappa shape index (κ2) is 4.31. The molecule has 0 unspecified atom stereocenters. The molecule has 0 radical (unpaired) electrons. The SMILES string of the molecule is COC(=O)c1nc(Cl)c(N(C)C)nc1N. The maximum absolute atomic E-state index is 11.2. The second-order valence-corrected chi connectivity index (χ2v) is 3.32. The Balaban J connectivity index is 3.25. The molecule has 1 heterocycles. The van der Waals surface area contributed by atoms with Gasteiger partial charge < -0.3 is 15.4 Å². The first-order valence-electron chi connectivity index (χ1n) is 4.06. The molecule has 0 aliphatic carbocycles. The number of rotatable bonds is 2. The van der Waals surface area contributed by atoms with E-state index < -0.39 is 5.97 Å². The van der Waals surface area contributed by atoms with Crippen LogP contribution in [0.15, 0.2) is 0 Å². The lowest BCUT2D eigenvalue weighted by Gasteiger charge is -2.13. The summed E-state index contributed by atoms with van der Waals surface area (Å²) in [5, 5.41) is 0.106. The summed E-state index contributed by atoms with van der Waals surface area (Å²) in [4.78, 5) is 20.6. The largest absolute Gasteiger partial charge is 0.464 e. The van der Waals surface area contributed by atoms with E-state index in [1.807, 2.05) is 0 Å². The Hall–Kier alpha value is -1.56. The number of anilines is 2. The van der Waals surface area contributed by atoms with Crippen molar-refractivity contribution in [3.05, 3.63) is 10.8 Å². The van der Waals surface area contributed by atoms with Crippen molar-refractivity contribution in [2.45, 2.75) is 0 Å². The van der Waals surface area contributed by atoms with Crippen LogP contribution in [0.4, 0.5) is 11.6 Å². The van der Waals surface area contributed by atoms with Crippen LogP contribution in [-0.2, 0) is 4.74 Å². The van der Waals surface area contributed by atoms with Crippen LogP contribution < -0.4 is 10.6 Å². The number of hydrogen-bond acceptors (Lipinski definition) is 6. The third kappa shape index (κ3) is 2.27. The highest BCUT2D eigenvalue weighted by molar-refractivity contribution is 6.32.